The zero-order valence-corrected chi connectivity index (χ0v) is 19.5. The Morgan fingerprint density at radius 2 is 1.86 bits per heavy atom. The first-order valence-electron chi connectivity index (χ1n) is 11.9. The molecule has 1 fully saturated rings. The van der Waals surface area contributed by atoms with Gasteiger partial charge < -0.3 is 15.2 Å². The summed E-state index contributed by atoms with van der Waals surface area (Å²) in [6.07, 6.45) is 7.38. The number of rotatable bonds is 6. The van der Waals surface area contributed by atoms with Crippen molar-refractivity contribution in [1.82, 2.24) is 14.1 Å². The number of hydrogen-bond acceptors (Lipinski definition) is 5. The van der Waals surface area contributed by atoms with Crippen LogP contribution in [0.4, 0.5) is 5.82 Å². The van der Waals surface area contributed by atoms with Crippen molar-refractivity contribution >= 4 is 22.9 Å². The Morgan fingerprint density at radius 1 is 1.11 bits per heavy atom. The highest BCUT2D eigenvalue weighted by molar-refractivity contribution is 5.89. The van der Waals surface area contributed by atoms with Gasteiger partial charge in [-0.05, 0) is 24.0 Å². The molecule has 5 rings (SSSR count). The minimum atomic E-state index is -0.160. The molecule has 1 aliphatic heterocycles. The van der Waals surface area contributed by atoms with Crippen LogP contribution in [-0.4, -0.2) is 33.2 Å². The molecule has 0 bridgehead atoms. The normalized spacial score (nSPS) is 16.1. The van der Waals surface area contributed by atoms with Crippen molar-refractivity contribution in [3.05, 3.63) is 100 Å². The fraction of sp³-hybridized carbons (Fsp3) is 0.250. The smallest absolute Gasteiger partial charge is 0.278 e. The first-order valence-corrected chi connectivity index (χ1v) is 11.9. The molecule has 7 nitrogen and oxygen atoms in total. The van der Waals surface area contributed by atoms with Gasteiger partial charge in [-0.1, -0.05) is 72.8 Å². The lowest BCUT2D eigenvalue weighted by molar-refractivity contribution is 0.498. The number of anilines is 1. The molecule has 1 saturated heterocycles. The van der Waals surface area contributed by atoms with Gasteiger partial charge in [-0.3, -0.25) is 9.36 Å². The van der Waals surface area contributed by atoms with Crippen molar-refractivity contribution in [1.29, 1.82) is 5.26 Å². The molecule has 1 atom stereocenters. The van der Waals surface area contributed by atoms with Crippen LogP contribution in [0.1, 0.15) is 29.5 Å². The van der Waals surface area contributed by atoms with Crippen LogP contribution in [0.15, 0.2) is 77.9 Å². The quantitative estimate of drug-likeness (QED) is 0.469. The Labute approximate surface area is 204 Å². The van der Waals surface area contributed by atoms with E-state index in [-0.39, 0.29) is 11.6 Å². The van der Waals surface area contributed by atoms with Gasteiger partial charge in [-0.2, -0.15) is 5.26 Å². The lowest BCUT2D eigenvalue weighted by Gasteiger charge is -2.33. The SMILES string of the molecule is N#Cc1c(N2CCC[C@H](N)C2)n(Cc2ccccc2)c2c(=O)n(C/C=C/c3ccccc3)cnc12. The summed E-state index contributed by atoms with van der Waals surface area (Å²) in [6.45, 7) is 2.30. The number of aromatic nitrogens is 3. The fourth-order valence-corrected chi connectivity index (χ4v) is 4.80. The molecular weight excluding hydrogens is 436 g/mol. The zero-order chi connectivity index (χ0) is 24.2. The van der Waals surface area contributed by atoms with E-state index in [1.165, 1.54) is 0 Å². The van der Waals surface area contributed by atoms with Crippen LogP contribution in [-0.2, 0) is 13.1 Å². The van der Waals surface area contributed by atoms with Crippen LogP contribution in [0.2, 0.25) is 0 Å². The van der Waals surface area contributed by atoms with Crippen LogP contribution in [0.3, 0.4) is 0 Å². The van der Waals surface area contributed by atoms with E-state index in [1.807, 2.05) is 77.4 Å². The molecule has 0 saturated carbocycles. The van der Waals surface area contributed by atoms with Crippen LogP contribution in [0.5, 0.6) is 0 Å². The van der Waals surface area contributed by atoms with Gasteiger partial charge in [0.25, 0.3) is 5.56 Å². The third kappa shape index (κ3) is 4.61. The monoisotopic (exact) mass is 464 g/mol. The van der Waals surface area contributed by atoms with Gasteiger partial charge in [0.05, 0.1) is 6.33 Å². The number of allylic oxidation sites excluding steroid dienone is 1. The molecule has 4 aromatic rings. The van der Waals surface area contributed by atoms with E-state index in [9.17, 15) is 10.1 Å². The van der Waals surface area contributed by atoms with Crippen molar-refractivity contribution in [2.75, 3.05) is 18.0 Å². The van der Waals surface area contributed by atoms with Gasteiger partial charge in [-0.25, -0.2) is 4.98 Å². The lowest BCUT2D eigenvalue weighted by atomic mass is 10.1. The molecule has 1 aliphatic rings. The largest absolute Gasteiger partial charge is 0.355 e. The van der Waals surface area contributed by atoms with Crippen molar-refractivity contribution in [2.24, 2.45) is 5.73 Å². The maximum Gasteiger partial charge on any atom is 0.278 e. The summed E-state index contributed by atoms with van der Waals surface area (Å²) in [5.74, 6) is 0.740. The van der Waals surface area contributed by atoms with E-state index in [0.29, 0.717) is 36.2 Å². The van der Waals surface area contributed by atoms with Gasteiger partial charge in [0.1, 0.15) is 28.5 Å². The first-order chi connectivity index (χ1) is 17.2. The van der Waals surface area contributed by atoms with Crippen molar-refractivity contribution in [3.63, 3.8) is 0 Å². The maximum absolute atomic E-state index is 13.7. The van der Waals surface area contributed by atoms with Crippen molar-refractivity contribution < 1.29 is 0 Å². The molecule has 176 valence electrons. The van der Waals surface area contributed by atoms with E-state index in [1.54, 1.807) is 10.9 Å². The average Bonchev–Trinajstić information content (AvgIpc) is 3.20. The molecule has 2 N–H and O–H groups in total. The van der Waals surface area contributed by atoms with Gasteiger partial charge in [0.2, 0.25) is 0 Å². The number of fused-ring (bicyclic) bond motifs is 1. The van der Waals surface area contributed by atoms with Crippen LogP contribution < -0.4 is 16.2 Å². The Bertz CT molecular complexity index is 1450. The molecule has 0 radical (unpaired) electrons. The Balaban J connectivity index is 1.63. The first kappa shape index (κ1) is 22.6. The molecule has 0 amide bonds. The third-order valence-corrected chi connectivity index (χ3v) is 6.46. The van der Waals surface area contributed by atoms with Gasteiger partial charge in [0.15, 0.2) is 0 Å². The third-order valence-electron chi connectivity index (χ3n) is 6.46. The molecule has 0 aliphatic carbocycles. The summed E-state index contributed by atoms with van der Waals surface area (Å²) in [4.78, 5) is 20.5. The number of nitrogens with zero attached hydrogens (tertiary/aromatic N) is 5. The summed E-state index contributed by atoms with van der Waals surface area (Å²) >= 11 is 0. The highest BCUT2D eigenvalue weighted by atomic mass is 16.1. The number of nitrogens with two attached hydrogens (primary N) is 1. The maximum atomic E-state index is 13.7. The zero-order valence-electron chi connectivity index (χ0n) is 19.5. The predicted octanol–water partition coefficient (Wildman–Crippen LogP) is 3.76. The van der Waals surface area contributed by atoms with Crippen LogP contribution >= 0.6 is 0 Å². The average molecular weight is 465 g/mol. The topological polar surface area (TPSA) is 92.9 Å². The van der Waals surface area contributed by atoms with Gasteiger partial charge in [-0.15, -0.1) is 0 Å². The molecule has 0 unspecified atom stereocenters. The second-order valence-electron chi connectivity index (χ2n) is 8.94. The van der Waals surface area contributed by atoms with E-state index >= 15 is 0 Å². The second-order valence-corrected chi connectivity index (χ2v) is 8.94. The van der Waals surface area contributed by atoms with Gasteiger partial charge in [0, 0.05) is 32.2 Å². The summed E-state index contributed by atoms with van der Waals surface area (Å²) in [7, 11) is 0. The molecule has 2 aromatic heterocycles. The van der Waals surface area contributed by atoms with E-state index < -0.39 is 0 Å². The fourth-order valence-electron chi connectivity index (χ4n) is 4.80. The molecule has 7 heteroatoms. The Hall–Kier alpha value is -4.15. The minimum absolute atomic E-state index is 0.0335. The number of hydrogen-bond donors (Lipinski definition) is 1. The highest BCUT2D eigenvalue weighted by Crippen LogP contribution is 2.32. The van der Waals surface area contributed by atoms with E-state index in [4.69, 9.17) is 5.73 Å². The van der Waals surface area contributed by atoms with Crippen LogP contribution in [0, 0.1) is 11.3 Å². The van der Waals surface area contributed by atoms with Crippen molar-refractivity contribution in [3.8, 4) is 6.07 Å². The highest BCUT2D eigenvalue weighted by Gasteiger charge is 2.28. The van der Waals surface area contributed by atoms with E-state index in [0.717, 1.165) is 36.3 Å². The van der Waals surface area contributed by atoms with Crippen molar-refractivity contribution in [2.45, 2.75) is 32.0 Å². The van der Waals surface area contributed by atoms with E-state index in [2.05, 4.69) is 16.0 Å². The Morgan fingerprint density at radius 3 is 2.57 bits per heavy atom. The lowest BCUT2D eigenvalue weighted by Crippen LogP contribution is -2.44. The summed E-state index contributed by atoms with van der Waals surface area (Å²) < 4.78 is 3.56. The molecule has 3 heterocycles. The Kier molecular flexibility index (Phi) is 6.47. The molecule has 35 heavy (non-hydrogen) atoms. The second kappa shape index (κ2) is 10.00. The standard InChI is InChI=1S/C28H28N6O/c29-17-24-25-26(28(35)33(20-31-25)16-7-13-21-9-3-1-4-10-21)34(18-22-11-5-2-6-12-22)27(24)32-15-8-14-23(30)19-32/h1-7,9-13,20,23H,8,14-16,18-19,30H2/b13-7+/t23-/m0/s1. The number of piperidine rings is 1. The number of nitriles is 1. The number of benzene rings is 2. The molecule has 0 spiro atoms. The van der Waals surface area contributed by atoms with Crippen LogP contribution in [0.25, 0.3) is 17.1 Å². The summed E-state index contributed by atoms with van der Waals surface area (Å²) in [5.41, 5.74) is 9.59. The molecular formula is C28H28N6O. The van der Waals surface area contributed by atoms with Gasteiger partial charge >= 0.3 is 0 Å². The summed E-state index contributed by atoms with van der Waals surface area (Å²) in [6, 6.07) is 22.3. The molecule has 2 aromatic carbocycles. The summed E-state index contributed by atoms with van der Waals surface area (Å²) in [5, 5.41) is 10.1. The minimum Gasteiger partial charge on any atom is -0.355 e. The predicted molar refractivity (Wildman–Crippen MR) is 139 cm³/mol.